The van der Waals surface area contributed by atoms with Crippen LogP contribution in [-0.2, 0) is 9.53 Å². The molecule has 1 rings (SSSR count). The van der Waals surface area contributed by atoms with Gasteiger partial charge in [0.25, 0.3) is 0 Å². The van der Waals surface area contributed by atoms with Gasteiger partial charge in [-0.25, -0.2) is 4.79 Å². The van der Waals surface area contributed by atoms with Crippen molar-refractivity contribution in [1.82, 2.24) is 10.2 Å². The lowest BCUT2D eigenvalue weighted by Crippen LogP contribution is -2.50. The maximum absolute atomic E-state index is 11.4. The summed E-state index contributed by atoms with van der Waals surface area (Å²) in [5, 5.41) is 2.12. The Morgan fingerprint density at radius 3 is 2.75 bits per heavy atom. The summed E-state index contributed by atoms with van der Waals surface area (Å²) in [5.41, 5.74) is 5.85. The summed E-state index contributed by atoms with van der Waals surface area (Å²) in [5.74, 6) is 0.128. The van der Waals surface area contributed by atoms with E-state index in [9.17, 15) is 9.59 Å². The van der Waals surface area contributed by atoms with Crippen molar-refractivity contribution in [2.45, 2.75) is 19.4 Å². The van der Waals surface area contributed by atoms with Crippen molar-refractivity contribution in [3.63, 3.8) is 0 Å². The summed E-state index contributed by atoms with van der Waals surface area (Å²) >= 11 is 0. The number of alkyl carbamates (subject to hydrolysis) is 1. The summed E-state index contributed by atoms with van der Waals surface area (Å²) in [6.07, 6.45) is 0.258. The average molecular weight is 229 g/mol. The van der Waals surface area contributed by atoms with Crippen molar-refractivity contribution in [2.75, 3.05) is 26.7 Å². The van der Waals surface area contributed by atoms with Gasteiger partial charge in [0, 0.05) is 19.1 Å². The fourth-order valence-corrected chi connectivity index (χ4v) is 2.05. The largest absolute Gasteiger partial charge is 0.453 e. The highest BCUT2D eigenvalue weighted by Crippen LogP contribution is 2.14. The van der Waals surface area contributed by atoms with Crippen molar-refractivity contribution in [3.8, 4) is 0 Å². The second-order valence-electron chi connectivity index (χ2n) is 4.33. The Kier molecular flexibility index (Phi) is 4.70. The number of rotatable bonds is 2. The van der Waals surface area contributed by atoms with E-state index in [2.05, 4.69) is 17.0 Å². The van der Waals surface area contributed by atoms with Crippen LogP contribution >= 0.6 is 0 Å². The molecule has 1 fully saturated rings. The third-order valence-corrected chi connectivity index (χ3v) is 2.56. The van der Waals surface area contributed by atoms with Crippen LogP contribution in [0.15, 0.2) is 0 Å². The lowest BCUT2D eigenvalue weighted by Gasteiger charge is -2.34. The van der Waals surface area contributed by atoms with Gasteiger partial charge in [0.15, 0.2) is 0 Å². The summed E-state index contributed by atoms with van der Waals surface area (Å²) in [7, 11) is 1.22. The molecule has 2 unspecified atom stereocenters. The fourth-order valence-electron chi connectivity index (χ4n) is 2.05. The quantitative estimate of drug-likeness (QED) is 0.669. The number of methoxy groups -OCH3 is 1. The van der Waals surface area contributed by atoms with Gasteiger partial charge in [-0.05, 0) is 12.3 Å². The van der Waals surface area contributed by atoms with Crippen molar-refractivity contribution >= 4 is 12.0 Å². The maximum atomic E-state index is 11.4. The van der Waals surface area contributed by atoms with Crippen molar-refractivity contribution < 1.29 is 14.3 Å². The number of imide groups is 1. The summed E-state index contributed by atoms with van der Waals surface area (Å²) in [6.45, 7) is 3.82. The fraction of sp³-hybridized carbons (Fsp3) is 0.800. The summed E-state index contributed by atoms with van der Waals surface area (Å²) in [6, 6.07) is 0.106. The molecule has 0 spiro atoms. The molecule has 1 aliphatic rings. The standard InChI is InChI=1S/C10H19N3O3/c1-7-3-8(11)5-13(4-7)6-9(14)12-10(15)16-2/h7-8H,3-6,11H2,1-2H3,(H,12,14,15). The van der Waals surface area contributed by atoms with Crippen LogP contribution in [-0.4, -0.2) is 49.7 Å². The molecule has 0 radical (unpaired) electrons. The molecule has 0 aromatic heterocycles. The van der Waals surface area contributed by atoms with Gasteiger partial charge in [-0.1, -0.05) is 6.92 Å². The molecule has 6 nitrogen and oxygen atoms in total. The van der Waals surface area contributed by atoms with Gasteiger partial charge in [0.1, 0.15) is 0 Å². The lowest BCUT2D eigenvalue weighted by molar-refractivity contribution is -0.122. The van der Waals surface area contributed by atoms with Crippen molar-refractivity contribution in [3.05, 3.63) is 0 Å². The monoisotopic (exact) mass is 229 g/mol. The molecular formula is C10H19N3O3. The predicted molar refractivity (Wildman–Crippen MR) is 58.7 cm³/mol. The minimum absolute atomic E-state index is 0.106. The van der Waals surface area contributed by atoms with Crippen LogP contribution in [0.1, 0.15) is 13.3 Å². The summed E-state index contributed by atoms with van der Waals surface area (Å²) < 4.78 is 4.34. The van der Waals surface area contributed by atoms with Gasteiger partial charge < -0.3 is 10.5 Å². The van der Waals surface area contributed by atoms with Crippen LogP contribution < -0.4 is 11.1 Å². The average Bonchev–Trinajstić information content (AvgIpc) is 2.15. The Morgan fingerprint density at radius 1 is 1.50 bits per heavy atom. The smallest absolute Gasteiger partial charge is 0.413 e. The number of likely N-dealkylation sites (tertiary alicyclic amines) is 1. The number of amides is 2. The first-order valence-corrected chi connectivity index (χ1v) is 5.37. The normalized spacial score (nSPS) is 26.2. The molecular weight excluding hydrogens is 210 g/mol. The minimum Gasteiger partial charge on any atom is -0.453 e. The van der Waals surface area contributed by atoms with Gasteiger partial charge in [-0.2, -0.15) is 0 Å². The van der Waals surface area contributed by atoms with E-state index in [1.165, 1.54) is 7.11 Å². The molecule has 0 aromatic carbocycles. The number of ether oxygens (including phenoxy) is 1. The molecule has 2 atom stereocenters. The highest BCUT2D eigenvalue weighted by molar-refractivity contribution is 5.92. The number of carbonyl (C=O) groups excluding carboxylic acids is 2. The van der Waals surface area contributed by atoms with Crippen LogP contribution in [0, 0.1) is 5.92 Å². The molecule has 2 amide bonds. The molecule has 1 saturated heterocycles. The highest BCUT2D eigenvalue weighted by atomic mass is 16.5. The van der Waals surface area contributed by atoms with Crippen LogP contribution in [0.5, 0.6) is 0 Å². The summed E-state index contributed by atoms with van der Waals surface area (Å²) in [4.78, 5) is 24.2. The Hall–Kier alpha value is -1.14. The number of carbonyl (C=O) groups is 2. The Balaban J connectivity index is 2.35. The van der Waals surface area contributed by atoms with Gasteiger partial charge in [0.05, 0.1) is 13.7 Å². The zero-order chi connectivity index (χ0) is 12.1. The van der Waals surface area contributed by atoms with E-state index in [4.69, 9.17) is 5.73 Å². The maximum Gasteiger partial charge on any atom is 0.413 e. The first-order valence-electron chi connectivity index (χ1n) is 5.37. The van der Waals surface area contributed by atoms with E-state index >= 15 is 0 Å². The van der Waals surface area contributed by atoms with Crippen molar-refractivity contribution in [2.24, 2.45) is 11.7 Å². The number of piperidine rings is 1. The van der Waals surface area contributed by atoms with E-state index in [1.807, 2.05) is 4.90 Å². The van der Waals surface area contributed by atoms with Crippen LogP contribution in [0.4, 0.5) is 4.79 Å². The minimum atomic E-state index is -0.723. The van der Waals surface area contributed by atoms with E-state index in [-0.39, 0.29) is 18.5 Å². The second-order valence-corrected chi connectivity index (χ2v) is 4.33. The molecule has 0 aromatic rings. The molecule has 0 saturated carbocycles. The first kappa shape index (κ1) is 12.9. The zero-order valence-corrected chi connectivity index (χ0v) is 9.73. The molecule has 0 aliphatic carbocycles. The van der Waals surface area contributed by atoms with Crippen LogP contribution in [0.25, 0.3) is 0 Å². The molecule has 92 valence electrons. The predicted octanol–water partition coefficient (Wildman–Crippen LogP) is -0.462. The van der Waals surface area contributed by atoms with Gasteiger partial charge in [-0.3, -0.25) is 15.0 Å². The number of nitrogens with two attached hydrogens (primary N) is 1. The van der Waals surface area contributed by atoms with Crippen LogP contribution in [0.2, 0.25) is 0 Å². The van der Waals surface area contributed by atoms with E-state index in [1.54, 1.807) is 0 Å². The third kappa shape index (κ3) is 4.16. The zero-order valence-electron chi connectivity index (χ0n) is 9.73. The number of hydrogen-bond acceptors (Lipinski definition) is 5. The molecule has 1 heterocycles. The van der Waals surface area contributed by atoms with Crippen molar-refractivity contribution in [1.29, 1.82) is 0 Å². The van der Waals surface area contributed by atoms with E-state index in [0.29, 0.717) is 12.5 Å². The lowest BCUT2D eigenvalue weighted by atomic mass is 9.97. The Bertz CT molecular complexity index is 260. The number of nitrogens with zero attached hydrogens (tertiary/aromatic N) is 1. The molecule has 1 aliphatic heterocycles. The Labute approximate surface area is 95.1 Å². The molecule has 6 heteroatoms. The van der Waals surface area contributed by atoms with Gasteiger partial charge in [0.2, 0.25) is 5.91 Å². The number of nitrogens with one attached hydrogen (secondary N) is 1. The van der Waals surface area contributed by atoms with E-state index < -0.39 is 6.09 Å². The Morgan fingerprint density at radius 2 is 2.19 bits per heavy atom. The second kappa shape index (κ2) is 5.81. The third-order valence-electron chi connectivity index (χ3n) is 2.56. The molecule has 16 heavy (non-hydrogen) atoms. The van der Waals surface area contributed by atoms with Gasteiger partial charge in [-0.15, -0.1) is 0 Å². The first-order chi connectivity index (χ1) is 7.51. The number of hydrogen-bond donors (Lipinski definition) is 2. The van der Waals surface area contributed by atoms with E-state index in [0.717, 1.165) is 13.0 Å². The molecule has 0 bridgehead atoms. The topological polar surface area (TPSA) is 84.7 Å². The van der Waals surface area contributed by atoms with Gasteiger partial charge >= 0.3 is 6.09 Å². The highest BCUT2D eigenvalue weighted by Gasteiger charge is 2.24. The van der Waals surface area contributed by atoms with Crippen LogP contribution in [0.3, 0.4) is 0 Å². The molecule has 3 N–H and O–H groups in total. The SMILES string of the molecule is COC(=O)NC(=O)CN1CC(C)CC(N)C1.